The minimum absolute atomic E-state index is 0.212. The Morgan fingerprint density at radius 3 is 2.38 bits per heavy atom. The van der Waals surface area contributed by atoms with Crippen molar-refractivity contribution in [3.63, 3.8) is 0 Å². The number of cyclic esters (lactones) is 2. The minimum Gasteiger partial charge on any atom is -0.393 e. The van der Waals surface area contributed by atoms with Crippen LogP contribution in [-0.4, -0.2) is 11.9 Å². The van der Waals surface area contributed by atoms with Gasteiger partial charge >= 0.3 is 11.9 Å². The first kappa shape index (κ1) is 10.2. The molecule has 0 aromatic heterocycles. The Morgan fingerprint density at radius 2 is 1.92 bits per heavy atom. The standard InChI is InChI=1S/C10H16O3/c1-3-7(2)4-8-5-9(11)13-10(12)6-8/h7-8H,3-6H2,1-2H3. The van der Waals surface area contributed by atoms with Gasteiger partial charge in [0, 0.05) is 12.8 Å². The molecule has 13 heavy (non-hydrogen) atoms. The normalized spacial score (nSPS) is 21.4. The molecule has 0 aliphatic carbocycles. The van der Waals surface area contributed by atoms with Crippen LogP contribution in [0.5, 0.6) is 0 Å². The number of carbonyl (C=O) groups excluding carboxylic acids is 2. The lowest BCUT2D eigenvalue weighted by atomic mass is 9.88. The van der Waals surface area contributed by atoms with Gasteiger partial charge in [0.05, 0.1) is 0 Å². The maximum Gasteiger partial charge on any atom is 0.313 e. The predicted molar refractivity (Wildman–Crippen MR) is 47.9 cm³/mol. The summed E-state index contributed by atoms with van der Waals surface area (Å²) in [5.74, 6) is 0.0847. The highest BCUT2D eigenvalue weighted by molar-refractivity contribution is 5.88. The second-order valence-corrected chi connectivity index (χ2v) is 3.87. The fourth-order valence-electron chi connectivity index (χ4n) is 1.66. The largest absolute Gasteiger partial charge is 0.393 e. The van der Waals surface area contributed by atoms with Crippen LogP contribution in [-0.2, 0) is 14.3 Å². The summed E-state index contributed by atoms with van der Waals surface area (Å²) in [5, 5.41) is 0. The van der Waals surface area contributed by atoms with Gasteiger partial charge in [-0.3, -0.25) is 9.59 Å². The molecule has 0 saturated carbocycles. The number of ether oxygens (including phenoxy) is 1. The van der Waals surface area contributed by atoms with E-state index in [1.54, 1.807) is 0 Å². The first-order chi connectivity index (χ1) is 6.11. The fraction of sp³-hybridized carbons (Fsp3) is 0.800. The second-order valence-electron chi connectivity index (χ2n) is 3.87. The van der Waals surface area contributed by atoms with Crippen molar-refractivity contribution in [3.05, 3.63) is 0 Å². The smallest absolute Gasteiger partial charge is 0.313 e. The molecule has 3 nitrogen and oxygen atoms in total. The van der Waals surface area contributed by atoms with Gasteiger partial charge in [-0.05, 0) is 18.3 Å². The molecule has 0 spiro atoms. The van der Waals surface area contributed by atoms with Crippen LogP contribution >= 0.6 is 0 Å². The summed E-state index contributed by atoms with van der Waals surface area (Å²) in [6.07, 6.45) is 2.88. The highest BCUT2D eigenvalue weighted by atomic mass is 16.6. The van der Waals surface area contributed by atoms with Crippen molar-refractivity contribution in [2.45, 2.75) is 39.5 Å². The Morgan fingerprint density at radius 1 is 1.38 bits per heavy atom. The first-order valence-electron chi connectivity index (χ1n) is 4.85. The summed E-state index contributed by atoms with van der Waals surface area (Å²) in [6, 6.07) is 0. The highest BCUT2D eigenvalue weighted by Crippen LogP contribution is 2.25. The molecule has 1 fully saturated rings. The lowest BCUT2D eigenvalue weighted by Crippen LogP contribution is -2.26. The maximum absolute atomic E-state index is 10.9. The molecular formula is C10H16O3. The average molecular weight is 184 g/mol. The van der Waals surface area contributed by atoms with Crippen LogP contribution in [0, 0.1) is 11.8 Å². The molecule has 3 heteroatoms. The van der Waals surface area contributed by atoms with Gasteiger partial charge < -0.3 is 4.74 Å². The second kappa shape index (κ2) is 4.40. The van der Waals surface area contributed by atoms with Gasteiger partial charge in [0.25, 0.3) is 0 Å². The lowest BCUT2D eigenvalue weighted by Gasteiger charge is -2.21. The zero-order chi connectivity index (χ0) is 9.84. The molecule has 1 heterocycles. The Balaban J connectivity index is 2.41. The molecule has 1 aliphatic rings. The van der Waals surface area contributed by atoms with E-state index in [4.69, 9.17) is 0 Å². The van der Waals surface area contributed by atoms with E-state index in [1.165, 1.54) is 0 Å². The summed E-state index contributed by atoms with van der Waals surface area (Å²) in [7, 11) is 0. The van der Waals surface area contributed by atoms with Gasteiger partial charge in [-0.25, -0.2) is 0 Å². The van der Waals surface area contributed by atoms with Gasteiger partial charge in [0.1, 0.15) is 0 Å². The summed E-state index contributed by atoms with van der Waals surface area (Å²) >= 11 is 0. The summed E-state index contributed by atoms with van der Waals surface area (Å²) < 4.78 is 4.45. The highest BCUT2D eigenvalue weighted by Gasteiger charge is 2.27. The number of hydrogen-bond acceptors (Lipinski definition) is 3. The molecule has 0 aromatic rings. The van der Waals surface area contributed by atoms with E-state index in [-0.39, 0.29) is 17.9 Å². The topological polar surface area (TPSA) is 43.4 Å². The predicted octanol–water partition coefficient (Wildman–Crippen LogP) is 1.90. The molecule has 1 aliphatic heterocycles. The van der Waals surface area contributed by atoms with Crippen LogP contribution in [0.2, 0.25) is 0 Å². The molecule has 0 bridgehead atoms. The monoisotopic (exact) mass is 184 g/mol. The zero-order valence-electron chi connectivity index (χ0n) is 8.21. The SMILES string of the molecule is CCC(C)CC1CC(=O)OC(=O)C1. The van der Waals surface area contributed by atoms with Crippen molar-refractivity contribution in [2.75, 3.05) is 0 Å². The third-order valence-corrected chi connectivity index (χ3v) is 2.57. The zero-order valence-corrected chi connectivity index (χ0v) is 8.21. The quantitative estimate of drug-likeness (QED) is 0.497. The third kappa shape index (κ3) is 3.17. The van der Waals surface area contributed by atoms with E-state index in [9.17, 15) is 9.59 Å². The van der Waals surface area contributed by atoms with Crippen LogP contribution in [0.25, 0.3) is 0 Å². The summed E-state index contributed by atoms with van der Waals surface area (Å²) in [4.78, 5) is 21.8. The number of hydrogen-bond donors (Lipinski definition) is 0. The van der Waals surface area contributed by atoms with E-state index in [0.717, 1.165) is 12.8 Å². The van der Waals surface area contributed by atoms with Gasteiger partial charge in [-0.15, -0.1) is 0 Å². The van der Waals surface area contributed by atoms with Crippen LogP contribution in [0.4, 0.5) is 0 Å². The molecule has 0 radical (unpaired) electrons. The Bertz CT molecular complexity index is 194. The average Bonchev–Trinajstić information content (AvgIpc) is 2.02. The van der Waals surface area contributed by atoms with Crippen molar-refractivity contribution in [3.8, 4) is 0 Å². The van der Waals surface area contributed by atoms with Gasteiger partial charge in [-0.1, -0.05) is 20.3 Å². The van der Waals surface area contributed by atoms with Gasteiger partial charge in [-0.2, -0.15) is 0 Å². The molecule has 1 saturated heterocycles. The lowest BCUT2D eigenvalue weighted by molar-refractivity contribution is -0.165. The van der Waals surface area contributed by atoms with Crippen molar-refractivity contribution in [1.29, 1.82) is 0 Å². The van der Waals surface area contributed by atoms with E-state index in [1.807, 2.05) is 0 Å². The minimum atomic E-state index is -0.357. The van der Waals surface area contributed by atoms with Crippen LogP contribution in [0.1, 0.15) is 39.5 Å². The fourth-order valence-corrected chi connectivity index (χ4v) is 1.66. The van der Waals surface area contributed by atoms with Crippen LogP contribution < -0.4 is 0 Å². The maximum atomic E-state index is 10.9. The first-order valence-corrected chi connectivity index (χ1v) is 4.85. The summed E-state index contributed by atoms with van der Waals surface area (Å²) in [6.45, 7) is 4.26. The van der Waals surface area contributed by atoms with E-state index >= 15 is 0 Å². The van der Waals surface area contributed by atoms with Crippen molar-refractivity contribution in [1.82, 2.24) is 0 Å². The number of carbonyl (C=O) groups is 2. The molecule has 1 rings (SSSR count). The molecule has 74 valence electrons. The molecule has 1 atom stereocenters. The van der Waals surface area contributed by atoms with Crippen molar-refractivity contribution >= 4 is 11.9 Å². The Labute approximate surface area is 78.5 Å². The van der Waals surface area contributed by atoms with Gasteiger partial charge in [0.2, 0.25) is 0 Å². The molecule has 1 unspecified atom stereocenters. The Hall–Kier alpha value is -0.860. The number of esters is 2. The third-order valence-electron chi connectivity index (χ3n) is 2.57. The van der Waals surface area contributed by atoms with Gasteiger partial charge in [0.15, 0.2) is 0 Å². The Kier molecular flexibility index (Phi) is 3.46. The van der Waals surface area contributed by atoms with Crippen molar-refractivity contribution in [2.24, 2.45) is 11.8 Å². The van der Waals surface area contributed by atoms with E-state index in [2.05, 4.69) is 18.6 Å². The number of rotatable bonds is 3. The van der Waals surface area contributed by atoms with E-state index < -0.39 is 0 Å². The van der Waals surface area contributed by atoms with Crippen LogP contribution in [0.15, 0.2) is 0 Å². The summed E-state index contributed by atoms with van der Waals surface area (Å²) in [5.41, 5.74) is 0. The van der Waals surface area contributed by atoms with Crippen LogP contribution in [0.3, 0.4) is 0 Å². The molecular weight excluding hydrogens is 168 g/mol. The van der Waals surface area contributed by atoms with E-state index in [0.29, 0.717) is 18.8 Å². The molecule has 0 N–H and O–H groups in total. The molecule has 0 amide bonds. The van der Waals surface area contributed by atoms with Crippen molar-refractivity contribution < 1.29 is 14.3 Å². The molecule has 0 aromatic carbocycles.